The molecule has 1 N–H and O–H groups in total. The van der Waals surface area contributed by atoms with Crippen molar-refractivity contribution < 1.29 is 23.5 Å². The van der Waals surface area contributed by atoms with Crippen LogP contribution in [0.25, 0.3) is 21.2 Å². The summed E-state index contributed by atoms with van der Waals surface area (Å²) in [5.41, 5.74) is 1.84. The number of furan rings is 1. The van der Waals surface area contributed by atoms with Crippen molar-refractivity contribution in [3.8, 4) is 11.5 Å². The Kier molecular flexibility index (Phi) is 6.44. The third-order valence-corrected chi connectivity index (χ3v) is 7.31. The number of pyridine rings is 1. The van der Waals surface area contributed by atoms with Crippen LogP contribution in [0.5, 0.6) is 11.5 Å². The van der Waals surface area contributed by atoms with Crippen molar-refractivity contribution in [3.05, 3.63) is 52.7 Å². The van der Waals surface area contributed by atoms with E-state index in [1.54, 1.807) is 32.4 Å². The fraction of sp³-hybridized carbons (Fsp3) is 0.346. The molecule has 1 fully saturated rings. The third-order valence-electron chi connectivity index (χ3n) is 6.18. The fourth-order valence-corrected chi connectivity index (χ4v) is 5.39. The van der Waals surface area contributed by atoms with Crippen LogP contribution in [0, 0.1) is 6.92 Å². The first-order valence-corrected chi connectivity index (χ1v) is 12.5. The monoisotopic (exact) mass is 493 g/mol. The number of carbonyl (C=O) groups is 2. The first-order valence-electron chi connectivity index (χ1n) is 11.7. The summed E-state index contributed by atoms with van der Waals surface area (Å²) in [5, 5.41) is 3.65. The number of fused-ring (bicyclic) bond motifs is 2. The molecule has 0 spiro atoms. The summed E-state index contributed by atoms with van der Waals surface area (Å²) in [6.07, 6.45) is 3.46. The maximum absolute atomic E-state index is 13.0. The fourth-order valence-electron chi connectivity index (χ4n) is 4.36. The second kappa shape index (κ2) is 9.67. The van der Waals surface area contributed by atoms with E-state index in [0.717, 1.165) is 22.9 Å². The molecule has 8 nitrogen and oxygen atoms in total. The molecule has 1 atom stereocenters. The molecular formula is C26H27N3O5S. The minimum atomic E-state index is -0.141. The summed E-state index contributed by atoms with van der Waals surface area (Å²) >= 11 is 1.37. The minimum Gasteiger partial charge on any atom is -0.460 e. The van der Waals surface area contributed by atoms with Gasteiger partial charge < -0.3 is 24.1 Å². The van der Waals surface area contributed by atoms with E-state index in [-0.39, 0.29) is 17.9 Å². The van der Waals surface area contributed by atoms with Crippen molar-refractivity contribution in [3.63, 3.8) is 0 Å². The molecule has 35 heavy (non-hydrogen) atoms. The number of aryl methyl sites for hydroxylation is 1. The van der Waals surface area contributed by atoms with Crippen molar-refractivity contribution >= 4 is 44.3 Å². The van der Waals surface area contributed by atoms with Gasteiger partial charge in [-0.25, -0.2) is 0 Å². The molecule has 9 heteroatoms. The topological polar surface area (TPSA) is 93.9 Å². The first-order chi connectivity index (χ1) is 17.0. The summed E-state index contributed by atoms with van der Waals surface area (Å²) < 4.78 is 18.2. The van der Waals surface area contributed by atoms with Crippen molar-refractivity contribution in [2.24, 2.45) is 0 Å². The summed E-state index contributed by atoms with van der Waals surface area (Å²) in [7, 11) is 1.68. The van der Waals surface area contributed by atoms with E-state index in [1.165, 1.54) is 11.3 Å². The number of thiophene rings is 1. The van der Waals surface area contributed by atoms with Gasteiger partial charge in [-0.2, -0.15) is 0 Å². The summed E-state index contributed by atoms with van der Waals surface area (Å²) in [6, 6.07) is 9.03. The Balaban J connectivity index is 1.41. The Morgan fingerprint density at radius 2 is 2.14 bits per heavy atom. The second-order valence-electron chi connectivity index (χ2n) is 8.58. The highest BCUT2D eigenvalue weighted by Gasteiger charge is 2.28. The highest BCUT2D eigenvalue weighted by atomic mass is 32.1. The Labute approximate surface area is 206 Å². The van der Waals surface area contributed by atoms with Crippen molar-refractivity contribution in [1.82, 2.24) is 15.2 Å². The van der Waals surface area contributed by atoms with Crippen molar-refractivity contribution in [2.75, 3.05) is 26.7 Å². The molecule has 4 aromatic rings. The van der Waals surface area contributed by atoms with Gasteiger partial charge in [0, 0.05) is 50.5 Å². The van der Waals surface area contributed by atoms with Gasteiger partial charge in [-0.1, -0.05) is 6.92 Å². The highest BCUT2D eigenvalue weighted by molar-refractivity contribution is 7.21. The number of rotatable bonds is 7. The molecule has 0 radical (unpaired) electrons. The van der Waals surface area contributed by atoms with E-state index in [9.17, 15) is 9.59 Å². The lowest BCUT2D eigenvalue weighted by Crippen LogP contribution is -2.29. The summed E-state index contributed by atoms with van der Waals surface area (Å²) in [6.45, 7) is 5.69. The number of benzene rings is 1. The average Bonchev–Trinajstić information content (AvgIpc) is 3.58. The number of hydrogen-bond acceptors (Lipinski definition) is 7. The molecule has 4 heterocycles. The molecule has 1 unspecified atom stereocenters. The van der Waals surface area contributed by atoms with Gasteiger partial charge >= 0.3 is 0 Å². The van der Waals surface area contributed by atoms with Gasteiger partial charge in [0.2, 0.25) is 0 Å². The zero-order valence-corrected chi connectivity index (χ0v) is 20.7. The Hall–Kier alpha value is -3.43. The van der Waals surface area contributed by atoms with E-state index in [1.807, 2.05) is 30.0 Å². The average molecular weight is 494 g/mol. The van der Waals surface area contributed by atoms with Gasteiger partial charge in [-0.15, -0.1) is 11.3 Å². The van der Waals surface area contributed by atoms with Crippen molar-refractivity contribution in [1.29, 1.82) is 0 Å². The van der Waals surface area contributed by atoms with Gasteiger partial charge in [0.1, 0.15) is 22.8 Å². The SMILES string of the molecule is CCCNC(=O)c1c(C)oc2cc(Oc3ccnc4cc(C(=O)N5CCC(OC)C5)sc34)ccc12. The molecule has 0 saturated carbocycles. The predicted molar refractivity (Wildman–Crippen MR) is 135 cm³/mol. The number of nitrogens with zero attached hydrogens (tertiary/aromatic N) is 2. The molecule has 0 bridgehead atoms. The molecule has 182 valence electrons. The van der Waals surface area contributed by atoms with Gasteiger partial charge in [0.15, 0.2) is 0 Å². The number of methoxy groups -OCH3 is 1. The smallest absolute Gasteiger partial charge is 0.264 e. The molecule has 1 aromatic carbocycles. The summed E-state index contributed by atoms with van der Waals surface area (Å²) in [4.78, 5) is 32.5. The molecule has 1 saturated heterocycles. The van der Waals surface area contributed by atoms with E-state index in [4.69, 9.17) is 13.9 Å². The van der Waals surface area contributed by atoms with Gasteiger partial charge in [0.25, 0.3) is 11.8 Å². The maximum atomic E-state index is 13.0. The van der Waals surface area contributed by atoms with Crippen LogP contribution in [0.3, 0.4) is 0 Å². The molecule has 1 aliphatic heterocycles. The van der Waals surface area contributed by atoms with Crippen LogP contribution in [0.4, 0.5) is 0 Å². The number of nitrogens with one attached hydrogen (secondary N) is 1. The van der Waals surface area contributed by atoms with Gasteiger partial charge in [-0.3, -0.25) is 14.6 Å². The Morgan fingerprint density at radius 1 is 1.29 bits per heavy atom. The largest absolute Gasteiger partial charge is 0.460 e. The van der Waals surface area contributed by atoms with Crippen LogP contribution < -0.4 is 10.1 Å². The van der Waals surface area contributed by atoms with Crippen LogP contribution >= 0.6 is 11.3 Å². The predicted octanol–water partition coefficient (Wildman–Crippen LogP) is 5.14. The minimum absolute atomic E-state index is 0.0140. The first kappa shape index (κ1) is 23.3. The quantitative estimate of drug-likeness (QED) is 0.383. The number of likely N-dealkylation sites (tertiary alicyclic amines) is 1. The number of amides is 2. The number of ether oxygens (including phenoxy) is 2. The summed E-state index contributed by atoms with van der Waals surface area (Å²) in [5.74, 6) is 1.59. The zero-order chi connectivity index (χ0) is 24.5. The lowest BCUT2D eigenvalue weighted by Gasteiger charge is -2.14. The van der Waals surface area contributed by atoms with E-state index < -0.39 is 0 Å². The maximum Gasteiger partial charge on any atom is 0.264 e. The van der Waals surface area contributed by atoms with Crippen LogP contribution in [-0.2, 0) is 4.74 Å². The lowest BCUT2D eigenvalue weighted by atomic mass is 10.1. The molecule has 0 aliphatic carbocycles. The van der Waals surface area contributed by atoms with Crippen LogP contribution in [0.15, 0.2) is 40.9 Å². The molecular weight excluding hydrogens is 466 g/mol. The zero-order valence-electron chi connectivity index (χ0n) is 19.9. The van der Waals surface area contributed by atoms with Crippen molar-refractivity contribution in [2.45, 2.75) is 32.8 Å². The van der Waals surface area contributed by atoms with Crippen LogP contribution in [0.1, 0.15) is 45.6 Å². The molecule has 2 amide bonds. The standard InChI is InChI=1S/C26H27N3O5S/c1-4-9-28-25(30)23-15(2)33-21-12-16(5-6-18(21)23)34-20-7-10-27-19-13-22(35-24(19)20)26(31)29-11-8-17(14-29)32-3/h5-7,10,12-13,17H,4,8-9,11,14H2,1-3H3,(H,28,30). The van der Waals surface area contributed by atoms with E-state index in [2.05, 4.69) is 10.3 Å². The normalized spacial score (nSPS) is 15.7. The van der Waals surface area contributed by atoms with Crippen LogP contribution in [-0.4, -0.2) is 54.5 Å². The van der Waals surface area contributed by atoms with Gasteiger partial charge in [0.05, 0.1) is 26.8 Å². The molecule has 3 aromatic heterocycles. The highest BCUT2D eigenvalue weighted by Crippen LogP contribution is 2.37. The van der Waals surface area contributed by atoms with E-state index in [0.29, 0.717) is 58.4 Å². The second-order valence-corrected chi connectivity index (χ2v) is 9.63. The molecule has 5 rings (SSSR count). The van der Waals surface area contributed by atoms with Gasteiger partial charge in [-0.05, 0) is 38.0 Å². The Bertz CT molecular complexity index is 1410. The third kappa shape index (κ3) is 4.49. The van der Waals surface area contributed by atoms with E-state index >= 15 is 0 Å². The lowest BCUT2D eigenvalue weighted by molar-refractivity contribution is 0.0728. The molecule has 1 aliphatic rings. The Morgan fingerprint density at radius 3 is 2.91 bits per heavy atom. The number of carbonyl (C=O) groups excluding carboxylic acids is 2. The number of hydrogen-bond donors (Lipinski definition) is 1. The number of aromatic nitrogens is 1. The van der Waals surface area contributed by atoms with Crippen LogP contribution in [0.2, 0.25) is 0 Å².